The fourth-order valence-corrected chi connectivity index (χ4v) is 4.07. The second-order valence-corrected chi connectivity index (χ2v) is 9.12. The van der Waals surface area contributed by atoms with Gasteiger partial charge in [-0.15, -0.1) is 0 Å². The summed E-state index contributed by atoms with van der Waals surface area (Å²) in [4.78, 5) is 23.7. The number of benzene rings is 3. The number of carboxylic acid groups (broad SMARTS) is 1. The Kier molecular flexibility index (Phi) is 6.45. The minimum absolute atomic E-state index is 0.0116. The third kappa shape index (κ3) is 5.18. The van der Waals surface area contributed by atoms with Gasteiger partial charge in [0.15, 0.2) is 0 Å². The maximum atomic E-state index is 12.7. The fraction of sp³-hybridized carbons (Fsp3) is 0. The predicted molar refractivity (Wildman–Crippen MR) is 118 cm³/mol. The number of aromatic carboxylic acids is 1. The van der Waals surface area contributed by atoms with E-state index in [1.165, 1.54) is 60.7 Å². The average Bonchev–Trinajstić information content (AvgIpc) is 2.68. The number of halogens is 2. The van der Waals surface area contributed by atoms with Gasteiger partial charge in [-0.2, -0.15) is 0 Å². The lowest BCUT2D eigenvalue weighted by Crippen LogP contribution is -2.18. The molecule has 0 aliphatic heterocycles. The second-order valence-electron chi connectivity index (χ2n) is 6.09. The van der Waals surface area contributed by atoms with Gasteiger partial charge in [0.2, 0.25) is 0 Å². The van der Waals surface area contributed by atoms with Gasteiger partial charge >= 0.3 is 5.97 Å². The van der Waals surface area contributed by atoms with E-state index >= 15 is 0 Å². The van der Waals surface area contributed by atoms with E-state index < -0.39 is 21.9 Å². The molecule has 3 rings (SSSR count). The summed E-state index contributed by atoms with van der Waals surface area (Å²) in [5.74, 6) is -1.65. The van der Waals surface area contributed by atoms with Gasteiger partial charge in [0.25, 0.3) is 15.9 Å². The van der Waals surface area contributed by atoms with Gasteiger partial charge in [0, 0.05) is 15.2 Å². The lowest BCUT2D eigenvalue weighted by Gasteiger charge is -2.14. The van der Waals surface area contributed by atoms with E-state index in [-0.39, 0.29) is 21.7 Å². The highest BCUT2D eigenvalue weighted by molar-refractivity contribution is 9.10. The van der Waals surface area contributed by atoms with Crippen molar-refractivity contribution in [3.63, 3.8) is 0 Å². The van der Waals surface area contributed by atoms with Gasteiger partial charge in [-0.3, -0.25) is 9.52 Å². The van der Waals surface area contributed by atoms with E-state index in [0.29, 0.717) is 15.2 Å². The molecular formula is C20H14BrClN2O5S. The van der Waals surface area contributed by atoms with Crippen LogP contribution in [-0.4, -0.2) is 25.4 Å². The van der Waals surface area contributed by atoms with Crippen molar-refractivity contribution in [3.8, 4) is 0 Å². The summed E-state index contributed by atoms with van der Waals surface area (Å²) in [5.41, 5.74) is 0.588. The standard InChI is InChI=1S/C20H14BrClN2O5S/c21-13-3-10-17(19(25)23-15-6-1-12(2-7-15)20(26)27)18(11-13)24-30(28,29)16-8-4-14(22)5-9-16/h1-11,24H,(H,23,25)(H,26,27). The van der Waals surface area contributed by atoms with Crippen molar-refractivity contribution in [2.45, 2.75) is 4.90 Å². The number of anilines is 2. The summed E-state index contributed by atoms with van der Waals surface area (Å²) in [6.07, 6.45) is 0. The van der Waals surface area contributed by atoms with Crippen LogP contribution in [0.4, 0.5) is 11.4 Å². The molecule has 154 valence electrons. The Bertz CT molecular complexity index is 1210. The van der Waals surface area contributed by atoms with E-state index in [0.717, 1.165) is 0 Å². The highest BCUT2D eigenvalue weighted by Gasteiger charge is 2.19. The lowest BCUT2D eigenvalue weighted by molar-refractivity contribution is 0.0696. The predicted octanol–water partition coefficient (Wildman–Crippen LogP) is 4.85. The Morgan fingerprint density at radius 3 is 2.17 bits per heavy atom. The normalized spacial score (nSPS) is 11.0. The molecule has 7 nitrogen and oxygen atoms in total. The smallest absolute Gasteiger partial charge is 0.335 e. The van der Waals surface area contributed by atoms with Gasteiger partial charge in [-0.1, -0.05) is 27.5 Å². The van der Waals surface area contributed by atoms with Gasteiger partial charge in [0.05, 0.1) is 21.7 Å². The minimum atomic E-state index is -3.97. The molecule has 0 saturated carbocycles. The van der Waals surface area contributed by atoms with Crippen molar-refractivity contribution in [3.05, 3.63) is 87.4 Å². The van der Waals surface area contributed by atoms with Gasteiger partial charge in [-0.05, 0) is 66.7 Å². The summed E-state index contributed by atoms with van der Waals surface area (Å²) in [6.45, 7) is 0. The van der Waals surface area contributed by atoms with E-state index in [9.17, 15) is 18.0 Å². The van der Waals surface area contributed by atoms with Gasteiger partial charge in [-0.25, -0.2) is 13.2 Å². The highest BCUT2D eigenvalue weighted by Crippen LogP contribution is 2.26. The quantitative estimate of drug-likeness (QED) is 0.439. The topological polar surface area (TPSA) is 113 Å². The maximum Gasteiger partial charge on any atom is 0.335 e. The van der Waals surface area contributed by atoms with E-state index in [1.807, 2.05) is 0 Å². The van der Waals surface area contributed by atoms with Gasteiger partial charge in [0.1, 0.15) is 0 Å². The van der Waals surface area contributed by atoms with Crippen LogP contribution in [0.1, 0.15) is 20.7 Å². The lowest BCUT2D eigenvalue weighted by atomic mass is 10.1. The number of amides is 1. The SMILES string of the molecule is O=C(O)c1ccc(NC(=O)c2ccc(Br)cc2NS(=O)(=O)c2ccc(Cl)cc2)cc1. The molecule has 1 amide bonds. The Hall–Kier alpha value is -2.88. The van der Waals surface area contributed by atoms with Crippen LogP contribution in [0.15, 0.2) is 76.1 Å². The highest BCUT2D eigenvalue weighted by atomic mass is 79.9. The van der Waals surface area contributed by atoms with E-state index in [1.54, 1.807) is 6.07 Å². The number of carbonyl (C=O) groups excluding carboxylic acids is 1. The Morgan fingerprint density at radius 2 is 1.57 bits per heavy atom. The van der Waals surface area contributed by atoms with Gasteiger partial charge < -0.3 is 10.4 Å². The molecule has 30 heavy (non-hydrogen) atoms. The van der Waals surface area contributed by atoms with E-state index in [4.69, 9.17) is 16.7 Å². The average molecular weight is 510 g/mol. The molecule has 0 aliphatic carbocycles. The molecule has 3 aromatic rings. The number of hydrogen-bond donors (Lipinski definition) is 3. The second kappa shape index (κ2) is 8.86. The van der Waals surface area contributed by atoms with Crippen LogP contribution in [0.3, 0.4) is 0 Å². The monoisotopic (exact) mass is 508 g/mol. The first-order valence-electron chi connectivity index (χ1n) is 8.38. The summed E-state index contributed by atoms with van der Waals surface area (Å²) in [7, 11) is -3.97. The van der Waals surface area contributed by atoms with Crippen LogP contribution in [-0.2, 0) is 10.0 Å². The van der Waals surface area contributed by atoms with E-state index in [2.05, 4.69) is 26.0 Å². The van der Waals surface area contributed by atoms with Crippen molar-refractivity contribution in [1.29, 1.82) is 0 Å². The molecule has 0 spiro atoms. The molecule has 0 bridgehead atoms. The number of sulfonamides is 1. The largest absolute Gasteiger partial charge is 0.478 e. The Balaban J connectivity index is 1.88. The number of rotatable bonds is 6. The maximum absolute atomic E-state index is 12.7. The third-order valence-corrected chi connectivity index (χ3v) is 6.11. The number of hydrogen-bond acceptors (Lipinski definition) is 4. The molecule has 0 atom stereocenters. The first kappa shape index (κ1) is 21.8. The van der Waals surface area contributed by atoms with Crippen LogP contribution < -0.4 is 10.0 Å². The van der Waals surface area contributed by atoms with Crippen LogP contribution in [0.5, 0.6) is 0 Å². The zero-order valence-electron chi connectivity index (χ0n) is 15.1. The Morgan fingerprint density at radius 1 is 0.933 bits per heavy atom. The summed E-state index contributed by atoms with van der Waals surface area (Å²) < 4.78 is 28.4. The van der Waals surface area contributed by atoms with Crippen molar-refractivity contribution < 1.29 is 23.1 Å². The first-order valence-corrected chi connectivity index (χ1v) is 11.0. The van der Waals surface area contributed by atoms with Crippen molar-refractivity contribution in [2.75, 3.05) is 10.0 Å². The Labute approximate surface area is 185 Å². The molecule has 0 radical (unpaired) electrons. The van der Waals surface area contributed by atoms with Crippen LogP contribution in [0, 0.1) is 0 Å². The summed E-state index contributed by atoms with van der Waals surface area (Å²) in [6, 6.07) is 15.7. The first-order chi connectivity index (χ1) is 14.2. The fourth-order valence-electron chi connectivity index (χ4n) is 2.51. The molecule has 0 aliphatic rings. The molecule has 0 fully saturated rings. The van der Waals surface area contributed by atoms with Crippen LogP contribution in [0.2, 0.25) is 5.02 Å². The molecule has 3 aromatic carbocycles. The van der Waals surface area contributed by atoms with Crippen molar-refractivity contribution >= 4 is 60.8 Å². The molecule has 0 heterocycles. The zero-order valence-corrected chi connectivity index (χ0v) is 18.3. The number of carbonyl (C=O) groups is 2. The third-order valence-electron chi connectivity index (χ3n) is 3.98. The molecule has 0 saturated heterocycles. The molecule has 0 aromatic heterocycles. The van der Waals surface area contributed by atoms with Crippen molar-refractivity contribution in [2.24, 2.45) is 0 Å². The molecule has 3 N–H and O–H groups in total. The molecule has 0 unspecified atom stereocenters. The summed E-state index contributed by atoms with van der Waals surface area (Å²) in [5, 5.41) is 12.0. The van der Waals surface area contributed by atoms with Crippen molar-refractivity contribution in [1.82, 2.24) is 0 Å². The number of carboxylic acids is 1. The summed E-state index contributed by atoms with van der Waals surface area (Å²) >= 11 is 9.07. The number of nitrogens with one attached hydrogen (secondary N) is 2. The van der Waals surface area contributed by atoms with Crippen LogP contribution >= 0.6 is 27.5 Å². The molecular weight excluding hydrogens is 496 g/mol. The minimum Gasteiger partial charge on any atom is -0.478 e. The van der Waals surface area contributed by atoms with Crippen LogP contribution in [0.25, 0.3) is 0 Å². The zero-order chi connectivity index (χ0) is 21.9. The molecule has 10 heteroatoms.